The summed E-state index contributed by atoms with van der Waals surface area (Å²) in [5, 5.41) is 3.53. The Morgan fingerprint density at radius 3 is 3.00 bits per heavy atom. The first-order chi connectivity index (χ1) is 5.84. The molecule has 0 aromatic heterocycles. The van der Waals surface area contributed by atoms with E-state index in [0.717, 1.165) is 13.2 Å². The van der Waals surface area contributed by atoms with Crippen LogP contribution < -0.4 is 5.32 Å². The zero-order chi connectivity index (χ0) is 8.81. The molecule has 2 nitrogen and oxygen atoms in total. The summed E-state index contributed by atoms with van der Waals surface area (Å²) >= 11 is 1.91. The predicted octanol–water partition coefficient (Wildman–Crippen LogP) is 1.51. The molecule has 0 aromatic carbocycles. The molecule has 1 aliphatic rings. The smallest absolute Gasteiger partial charge is 0.0700 e. The van der Waals surface area contributed by atoms with Crippen molar-refractivity contribution < 1.29 is 4.74 Å². The molecule has 0 saturated carbocycles. The molecule has 72 valence electrons. The SMILES string of the molecule is CSCCCNC1CCOC1C. The molecule has 1 N–H and O–H groups in total. The summed E-state index contributed by atoms with van der Waals surface area (Å²) in [6.45, 7) is 4.22. The summed E-state index contributed by atoms with van der Waals surface area (Å²) in [7, 11) is 0. The molecule has 12 heavy (non-hydrogen) atoms. The molecule has 1 saturated heterocycles. The molecular weight excluding hydrogens is 170 g/mol. The third kappa shape index (κ3) is 3.33. The van der Waals surface area contributed by atoms with Crippen LogP contribution in [0.2, 0.25) is 0 Å². The van der Waals surface area contributed by atoms with Crippen molar-refractivity contribution in [3.8, 4) is 0 Å². The van der Waals surface area contributed by atoms with Crippen molar-refractivity contribution in [1.29, 1.82) is 0 Å². The molecule has 3 heteroatoms. The highest BCUT2D eigenvalue weighted by Gasteiger charge is 2.22. The second-order valence-electron chi connectivity index (χ2n) is 3.27. The Morgan fingerprint density at radius 2 is 2.42 bits per heavy atom. The third-order valence-corrected chi connectivity index (χ3v) is 3.00. The van der Waals surface area contributed by atoms with Crippen LogP contribution in [-0.4, -0.2) is 37.3 Å². The second-order valence-corrected chi connectivity index (χ2v) is 4.26. The number of ether oxygens (including phenoxy) is 1. The number of hydrogen-bond acceptors (Lipinski definition) is 3. The van der Waals surface area contributed by atoms with E-state index in [0.29, 0.717) is 12.1 Å². The second kappa shape index (κ2) is 5.84. The lowest BCUT2D eigenvalue weighted by Crippen LogP contribution is -2.35. The highest BCUT2D eigenvalue weighted by molar-refractivity contribution is 7.98. The highest BCUT2D eigenvalue weighted by atomic mass is 32.2. The van der Waals surface area contributed by atoms with E-state index in [1.54, 1.807) is 0 Å². The van der Waals surface area contributed by atoms with Crippen LogP contribution in [0, 0.1) is 0 Å². The maximum absolute atomic E-state index is 5.45. The van der Waals surface area contributed by atoms with Crippen molar-refractivity contribution in [3.05, 3.63) is 0 Å². The third-order valence-electron chi connectivity index (χ3n) is 2.31. The zero-order valence-corrected chi connectivity index (χ0v) is 8.82. The van der Waals surface area contributed by atoms with E-state index in [4.69, 9.17) is 4.74 Å². The van der Waals surface area contributed by atoms with Crippen molar-refractivity contribution in [1.82, 2.24) is 5.32 Å². The lowest BCUT2D eigenvalue weighted by molar-refractivity contribution is 0.113. The molecule has 0 radical (unpaired) electrons. The van der Waals surface area contributed by atoms with Crippen LogP contribution in [0.15, 0.2) is 0 Å². The average molecular weight is 189 g/mol. The summed E-state index contributed by atoms with van der Waals surface area (Å²) in [6.07, 6.45) is 5.02. The average Bonchev–Trinajstić information content (AvgIpc) is 2.46. The van der Waals surface area contributed by atoms with Gasteiger partial charge in [-0.1, -0.05) is 0 Å². The van der Waals surface area contributed by atoms with Gasteiger partial charge in [-0.25, -0.2) is 0 Å². The topological polar surface area (TPSA) is 21.3 Å². The quantitative estimate of drug-likeness (QED) is 0.662. The standard InChI is InChI=1S/C9H19NOS/c1-8-9(4-6-11-8)10-5-3-7-12-2/h8-10H,3-7H2,1-2H3. The van der Waals surface area contributed by atoms with Gasteiger partial charge >= 0.3 is 0 Å². The maximum atomic E-state index is 5.45. The number of thioether (sulfide) groups is 1. The van der Waals surface area contributed by atoms with Crippen LogP contribution in [0.4, 0.5) is 0 Å². The molecule has 0 bridgehead atoms. The first-order valence-electron chi connectivity index (χ1n) is 4.68. The van der Waals surface area contributed by atoms with Crippen LogP contribution in [0.1, 0.15) is 19.8 Å². The summed E-state index contributed by atoms with van der Waals surface area (Å²) in [6, 6.07) is 0.604. The molecule has 2 unspecified atom stereocenters. The van der Waals surface area contributed by atoms with Gasteiger partial charge in [0.25, 0.3) is 0 Å². The van der Waals surface area contributed by atoms with Gasteiger partial charge in [0.05, 0.1) is 6.10 Å². The van der Waals surface area contributed by atoms with Crippen LogP contribution in [0.25, 0.3) is 0 Å². The Balaban J connectivity index is 1.98. The molecular formula is C9H19NOS. The number of hydrogen-bond donors (Lipinski definition) is 1. The fourth-order valence-corrected chi connectivity index (χ4v) is 1.94. The van der Waals surface area contributed by atoms with Gasteiger partial charge in [0.1, 0.15) is 0 Å². The van der Waals surface area contributed by atoms with Gasteiger partial charge in [-0.15, -0.1) is 0 Å². The first-order valence-corrected chi connectivity index (χ1v) is 6.08. The number of rotatable bonds is 5. The summed E-state index contributed by atoms with van der Waals surface area (Å²) in [5.41, 5.74) is 0. The minimum Gasteiger partial charge on any atom is -0.377 e. The Morgan fingerprint density at radius 1 is 1.58 bits per heavy atom. The molecule has 1 heterocycles. The van der Waals surface area contributed by atoms with Crippen LogP contribution in [0.3, 0.4) is 0 Å². The maximum Gasteiger partial charge on any atom is 0.0700 e. The van der Waals surface area contributed by atoms with E-state index in [1.807, 2.05) is 11.8 Å². The van der Waals surface area contributed by atoms with E-state index >= 15 is 0 Å². The van der Waals surface area contributed by atoms with Gasteiger partial charge in [0, 0.05) is 12.6 Å². The van der Waals surface area contributed by atoms with Crippen LogP contribution in [0.5, 0.6) is 0 Å². The van der Waals surface area contributed by atoms with Crippen LogP contribution >= 0.6 is 11.8 Å². The molecule has 2 atom stereocenters. The molecule has 0 aromatic rings. The van der Waals surface area contributed by atoms with E-state index in [9.17, 15) is 0 Å². The van der Waals surface area contributed by atoms with Crippen molar-refractivity contribution >= 4 is 11.8 Å². The fraction of sp³-hybridized carbons (Fsp3) is 1.00. The largest absolute Gasteiger partial charge is 0.377 e. The van der Waals surface area contributed by atoms with Crippen molar-refractivity contribution in [2.75, 3.05) is 25.2 Å². The Kier molecular flexibility index (Phi) is 5.04. The Labute approximate surface area is 79.4 Å². The Bertz CT molecular complexity index is 121. The van der Waals surface area contributed by atoms with Gasteiger partial charge < -0.3 is 10.1 Å². The Hall–Kier alpha value is 0.270. The molecule has 0 amide bonds. The minimum atomic E-state index is 0.416. The molecule has 1 aliphatic heterocycles. The summed E-state index contributed by atoms with van der Waals surface area (Å²) in [5.74, 6) is 1.26. The fourth-order valence-electron chi connectivity index (χ4n) is 1.50. The van der Waals surface area contributed by atoms with Gasteiger partial charge in [0.15, 0.2) is 0 Å². The summed E-state index contributed by atoms with van der Waals surface area (Å²) in [4.78, 5) is 0. The van der Waals surface area contributed by atoms with Gasteiger partial charge in [-0.2, -0.15) is 11.8 Å². The predicted molar refractivity (Wildman–Crippen MR) is 54.8 cm³/mol. The van der Waals surface area contributed by atoms with E-state index < -0.39 is 0 Å². The monoisotopic (exact) mass is 189 g/mol. The lowest BCUT2D eigenvalue weighted by Gasteiger charge is -2.15. The van der Waals surface area contributed by atoms with Gasteiger partial charge in [0.2, 0.25) is 0 Å². The molecule has 1 fully saturated rings. The van der Waals surface area contributed by atoms with E-state index in [1.165, 1.54) is 18.6 Å². The normalized spacial score (nSPS) is 29.5. The molecule has 1 rings (SSSR count). The molecule has 0 aliphatic carbocycles. The molecule has 0 spiro atoms. The summed E-state index contributed by atoms with van der Waals surface area (Å²) < 4.78 is 5.45. The van der Waals surface area contributed by atoms with E-state index in [-0.39, 0.29) is 0 Å². The minimum absolute atomic E-state index is 0.416. The van der Waals surface area contributed by atoms with E-state index in [2.05, 4.69) is 18.5 Å². The lowest BCUT2D eigenvalue weighted by atomic mass is 10.1. The van der Waals surface area contributed by atoms with Gasteiger partial charge in [-0.3, -0.25) is 0 Å². The van der Waals surface area contributed by atoms with Crippen molar-refractivity contribution in [2.24, 2.45) is 0 Å². The highest BCUT2D eigenvalue weighted by Crippen LogP contribution is 2.12. The first kappa shape index (κ1) is 10.4. The van der Waals surface area contributed by atoms with Crippen LogP contribution in [-0.2, 0) is 4.74 Å². The van der Waals surface area contributed by atoms with Crippen molar-refractivity contribution in [2.45, 2.75) is 31.9 Å². The van der Waals surface area contributed by atoms with Crippen molar-refractivity contribution in [3.63, 3.8) is 0 Å². The zero-order valence-electron chi connectivity index (χ0n) is 8.01. The number of nitrogens with one attached hydrogen (secondary N) is 1. The van der Waals surface area contributed by atoms with Gasteiger partial charge in [-0.05, 0) is 38.3 Å².